The Balaban J connectivity index is 0.000000130. The Hall–Kier alpha value is -12.4. The van der Waals surface area contributed by atoms with Gasteiger partial charge in [-0.2, -0.15) is 0 Å². The van der Waals surface area contributed by atoms with Gasteiger partial charge >= 0.3 is 36.3 Å². The van der Waals surface area contributed by atoms with Crippen LogP contribution in [0.1, 0.15) is 160 Å². The van der Waals surface area contributed by atoms with E-state index in [0.29, 0.717) is 93.3 Å². The molecule has 4 aliphatic heterocycles. The molecular formula is C111H126F4N10O15S. The highest BCUT2D eigenvalue weighted by Gasteiger charge is 2.57. The van der Waals surface area contributed by atoms with Crippen LogP contribution in [0.2, 0.25) is 0 Å². The van der Waals surface area contributed by atoms with Crippen molar-refractivity contribution in [2.24, 2.45) is 107 Å². The summed E-state index contributed by atoms with van der Waals surface area (Å²) in [6.45, 7) is 10.3. The van der Waals surface area contributed by atoms with Crippen molar-refractivity contribution < 1.29 is 88.0 Å². The number of allylic oxidation sites excluding steroid dienone is 3. The molecule has 5 amide bonds. The second-order valence-corrected chi connectivity index (χ2v) is 41.7. The number of hydrogen-bond donors (Lipinski definition) is 6. The zero-order valence-corrected chi connectivity index (χ0v) is 80.8. The first-order valence-corrected chi connectivity index (χ1v) is 51.9. The summed E-state index contributed by atoms with van der Waals surface area (Å²) < 4.78 is 114. The van der Waals surface area contributed by atoms with Gasteiger partial charge in [0.2, 0.25) is 15.9 Å². The smallest absolute Gasteiger partial charge is 0.407 e. The summed E-state index contributed by atoms with van der Waals surface area (Å²) in [4.78, 5) is 103. The Morgan fingerprint density at radius 3 is 1.10 bits per heavy atom. The first kappa shape index (κ1) is 100. The largest absolute Gasteiger partial charge is 0.465 e. The van der Waals surface area contributed by atoms with Gasteiger partial charge in [0, 0.05) is 108 Å². The molecule has 0 unspecified atom stereocenters. The highest BCUT2D eigenvalue weighted by Crippen LogP contribution is 2.56. The minimum absolute atomic E-state index is 0.00590. The van der Waals surface area contributed by atoms with Crippen LogP contribution in [0.4, 0.5) is 36.7 Å². The van der Waals surface area contributed by atoms with Crippen molar-refractivity contribution in [3.63, 3.8) is 0 Å². The van der Waals surface area contributed by atoms with Gasteiger partial charge in [0.25, 0.3) is 0 Å². The van der Waals surface area contributed by atoms with Gasteiger partial charge in [-0.1, -0.05) is 97.1 Å². The van der Waals surface area contributed by atoms with E-state index in [2.05, 4.69) is 69.5 Å². The van der Waals surface area contributed by atoms with Crippen molar-refractivity contribution in [3.8, 4) is 44.5 Å². The molecule has 8 aliphatic carbocycles. The standard InChI is InChI=1S/C28H32FN3O3.2C28H31FN2O4.C27H32FN3O4S/c1-2-35-28(34)32-23-9-10-24-19(14-23)12-20-16-31-27(33)26(20)25(24)11-8-22-7-6-18(15-30-22)17-4-3-5-21(29)13-17;1-2-34-28(33)31-23-9-10-24-19(14-23)12-20-15-26(32)35-27(20)25(24)11-8-22-7-6-18(16-30-22)17-4-3-5-21(29)13-17;1-2-34-28(33)31-23-9-10-24-19(14-23)12-20-16-35-27(32)26(20)25(24)11-8-22-7-6-18(15-30-22)17-4-3-5-21(29)13-17;1-2-35-27(32)31-23-9-10-24-19(14-23)12-20-16-30-36(33,34)26(20)25(24)11-8-22-7-6-18(15-29-22)17-4-3-5-21(28)13-17/h3-8,11,13,15,19-20,23-26H,2,9-10,12,14,16H2,1H3,(H,31,33)(H,32,34);3-8,11,13,16,19-20,23-25,27H,2,9-10,12,14-15H2,1H3,(H,31,33);3-8,11,13,15,19-20,23-26H,2,9-10,12,14,16H2,1H3,(H,31,33);3-8,11,13,15,19-20,23-26,30H,2,9-10,12,14,16H2,1H3,(H,31,32)/b4*11-8+/t19-,20+,23-,24-,25+,26-;19-,20+,23-,24-,25+,27-;2*19-,20+,23-,24-,25+,26-/m1111/s1. The molecule has 12 fully saturated rings. The van der Waals surface area contributed by atoms with Gasteiger partial charge in [-0.3, -0.25) is 34.3 Å². The lowest BCUT2D eigenvalue weighted by atomic mass is 9.58. The molecule has 8 aromatic rings. The molecule has 4 saturated heterocycles. The second kappa shape index (κ2) is 46.1. The molecule has 0 bridgehead atoms. The molecule has 24 atom stereocenters. The highest BCUT2D eigenvalue weighted by atomic mass is 32.2. The normalized spacial score (nSPS) is 30.1. The fourth-order valence-corrected chi connectivity index (χ4v) is 27.4. The van der Waals surface area contributed by atoms with Crippen LogP contribution in [-0.2, 0) is 52.8 Å². The maximum Gasteiger partial charge on any atom is 0.407 e. The monoisotopic (exact) mass is 1950 g/mol. The third-order valence-corrected chi connectivity index (χ3v) is 33.4. The molecule has 8 saturated carbocycles. The van der Waals surface area contributed by atoms with Crippen molar-refractivity contribution in [2.45, 2.75) is 172 Å². The Labute approximate surface area is 821 Å². The van der Waals surface area contributed by atoms with Gasteiger partial charge in [0.1, 0.15) is 29.4 Å². The van der Waals surface area contributed by atoms with Crippen molar-refractivity contribution in [1.29, 1.82) is 0 Å². The van der Waals surface area contributed by atoms with Gasteiger partial charge in [0.15, 0.2) is 0 Å². The van der Waals surface area contributed by atoms with E-state index >= 15 is 0 Å². The van der Waals surface area contributed by atoms with E-state index in [1.165, 1.54) is 48.5 Å². The van der Waals surface area contributed by atoms with Crippen LogP contribution in [-0.4, -0.2) is 152 Å². The van der Waals surface area contributed by atoms with Crippen LogP contribution in [0.3, 0.4) is 0 Å². The Bertz CT molecular complexity index is 5770. The van der Waals surface area contributed by atoms with Gasteiger partial charge in [-0.15, -0.1) is 0 Å². The van der Waals surface area contributed by atoms with E-state index in [1.54, 1.807) is 69.8 Å². The average Bonchev–Trinajstić information content (AvgIpc) is 1.60. The first-order chi connectivity index (χ1) is 68.4. The van der Waals surface area contributed by atoms with Gasteiger partial charge in [-0.05, 0) is 327 Å². The van der Waals surface area contributed by atoms with Crippen LogP contribution in [0.5, 0.6) is 0 Å². The summed E-state index contributed by atoms with van der Waals surface area (Å²) in [5, 5.41) is 14.6. The third-order valence-electron chi connectivity index (χ3n) is 31.4. The third kappa shape index (κ3) is 24.7. The Kier molecular flexibility index (Phi) is 32.7. The van der Waals surface area contributed by atoms with Crippen molar-refractivity contribution in [2.75, 3.05) is 46.1 Å². The summed E-state index contributed by atoms with van der Waals surface area (Å²) in [5.41, 5.74) is 9.68. The van der Waals surface area contributed by atoms with E-state index in [0.717, 1.165) is 177 Å². The summed E-state index contributed by atoms with van der Waals surface area (Å²) in [7, 11) is -3.38. The van der Waals surface area contributed by atoms with E-state index in [4.69, 9.17) is 28.4 Å². The predicted molar refractivity (Wildman–Crippen MR) is 526 cm³/mol. The molecule has 0 radical (unpaired) electrons. The predicted octanol–water partition coefficient (Wildman–Crippen LogP) is 19.8. The molecule has 6 N–H and O–H groups in total. The number of amides is 5. The van der Waals surface area contributed by atoms with Crippen molar-refractivity contribution in [3.05, 3.63) is 241 Å². The molecule has 30 heteroatoms. The molecule has 744 valence electrons. The molecule has 141 heavy (non-hydrogen) atoms. The number of carbonyl (C=O) groups excluding carboxylic acids is 7. The summed E-state index contributed by atoms with van der Waals surface area (Å²) in [6, 6.07) is 41.6. The maximum absolute atomic E-state index is 13.6. The number of benzene rings is 4. The number of halogens is 4. The lowest BCUT2D eigenvalue weighted by molar-refractivity contribution is -0.145. The number of cyclic esters (lactones) is 1. The van der Waals surface area contributed by atoms with Crippen molar-refractivity contribution >= 4 is 76.5 Å². The number of sulfonamides is 1. The van der Waals surface area contributed by atoms with Crippen LogP contribution >= 0.6 is 0 Å². The number of fused-ring (bicyclic) bond motifs is 8. The first-order valence-electron chi connectivity index (χ1n) is 50.3. The number of carbonyl (C=O) groups is 7. The fraction of sp³-hybridized carbons (Fsp3) is 0.468. The fourth-order valence-electron chi connectivity index (χ4n) is 25.3. The molecule has 4 aromatic carbocycles. The van der Waals surface area contributed by atoms with Gasteiger partial charge in [-0.25, -0.2) is 49.9 Å². The van der Waals surface area contributed by atoms with E-state index < -0.39 is 15.3 Å². The topological polar surface area (TPSA) is 333 Å². The molecule has 20 rings (SSSR count). The van der Waals surface area contributed by atoms with Crippen LogP contribution < -0.4 is 31.3 Å². The summed E-state index contributed by atoms with van der Waals surface area (Å²) in [5.74, 6) is 2.77. The number of ether oxygens (including phenoxy) is 6. The van der Waals surface area contributed by atoms with Crippen molar-refractivity contribution in [1.82, 2.24) is 51.2 Å². The number of hydrogen-bond acceptors (Lipinski definition) is 19. The average molecular weight is 1950 g/mol. The van der Waals surface area contributed by atoms with E-state index in [9.17, 15) is 59.5 Å². The number of nitrogens with one attached hydrogen (secondary N) is 6. The molecule has 4 aromatic heterocycles. The van der Waals surface area contributed by atoms with Crippen LogP contribution in [0.25, 0.3) is 68.8 Å². The van der Waals surface area contributed by atoms with Crippen LogP contribution in [0, 0.1) is 130 Å². The zero-order chi connectivity index (χ0) is 98.4. The van der Waals surface area contributed by atoms with Gasteiger partial charge < -0.3 is 55.0 Å². The number of alkyl carbamates (subject to hydrolysis) is 4. The highest BCUT2D eigenvalue weighted by molar-refractivity contribution is 7.90. The minimum Gasteiger partial charge on any atom is -0.465 e. The van der Waals surface area contributed by atoms with E-state index in [-0.39, 0.29) is 155 Å². The van der Waals surface area contributed by atoms with E-state index in [1.807, 2.05) is 110 Å². The van der Waals surface area contributed by atoms with Gasteiger partial charge in [0.05, 0.1) is 73.4 Å². The SMILES string of the molecule is CCOC(=O)N[C@@H]1CC[C@@H]2[C@@H](C1)C[C@H]1CC(=O)O[C@H]1[C@H]2/C=C/c1ccc(-c2cccc(F)c2)cn1.CCOC(=O)N[C@@H]1CC[C@@H]2[C@@H](C1)C[C@H]1CNC(=O)[C@H]1[C@H]2/C=C/c1ccc(-c2cccc(F)c2)cn1.CCOC(=O)N[C@@H]1CC[C@@H]2[C@@H](C1)C[C@H]1CNS(=O)(=O)[C@H]1[C@H]2/C=C/c1ccc(-c2cccc(F)c2)cn1.CCOC(=O)N[C@@H]1CC[C@@H]2[C@@H](C1)C[C@H]1COC(=O)[C@H]1[C@H]2/C=C/c1ccc(-c2cccc(F)c2)cn1. The lowest BCUT2D eigenvalue weighted by Crippen LogP contribution is -2.49. The molecule has 25 nitrogen and oxygen atoms in total. The number of rotatable bonds is 20. The molecular weight excluding hydrogens is 1820 g/mol. The number of aromatic nitrogens is 4. The molecule has 12 aliphatic rings. The molecule has 8 heterocycles. The molecule has 0 spiro atoms. The quantitative estimate of drug-likeness (QED) is 0.0234. The maximum atomic E-state index is 13.6. The number of nitrogens with zero attached hydrogens (tertiary/aromatic N) is 4. The lowest BCUT2D eigenvalue weighted by Gasteiger charge is -2.47. The van der Waals surface area contributed by atoms with Crippen LogP contribution in [0.15, 0.2) is 195 Å². The summed E-state index contributed by atoms with van der Waals surface area (Å²) in [6.07, 6.45) is 36.8. The second-order valence-electron chi connectivity index (χ2n) is 39.8. The Morgan fingerprint density at radius 1 is 0.390 bits per heavy atom. The number of pyridine rings is 4. The Morgan fingerprint density at radius 2 is 0.730 bits per heavy atom. The minimum atomic E-state index is -3.38. The summed E-state index contributed by atoms with van der Waals surface area (Å²) >= 11 is 0. The number of esters is 2. The zero-order valence-electron chi connectivity index (χ0n) is 79.9.